The first-order valence-electron chi connectivity index (χ1n) is 9.27. The molecule has 0 bridgehead atoms. The van der Waals surface area contributed by atoms with Crippen LogP contribution in [0.25, 0.3) is 0 Å². The Kier molecular flexibility index (Phi) is 6.89. The summed E-state index contributed by atoms with van der Waals surface area (Å²) in [6.45, 7) is 5.95. The van der Waals surface area contributed by atoms with Gasteiger partial charge >= 0.3 is 0 Å². The number of Topliss-reactive ketones (excluding diaryl/α,β-unsaturated/α-hetero) is 2. The topological polar surface area (TPSA) is 43.4 Å². The van der Waals surface area contributed by atoms with Gasteiger partial charge in [0.1, 0.15) is 23.2 Å². The minimum atomic E-state index is -0.831. The number of hydrogen-bond acceptors (Lipinski definition) is 3. The van der Waals surface area contributed by atoms with E-state index in [-0.39, 0.29) is 17.0 Å². The highest BCUT2D eigenvalue weighted by atomic mass is 35.5. The zero-order valence-electron chi connectivity index (χ0n) is 16.1. The maximum atomic E-state index is 13.0. The summed E-state index contributed by atoms with van der Waals surface area (Å²) in [5.74, 6) is 5.30. The molecule has 4 heteroatoms. The Labute approximate surface area is 161 Å². The van der Waals surface area contributed by atoms with Gasteiger partial charge in [0, 0.05) is 29.0 Å². The molecule has 26 heavy (non-hydrogen) atoms. The lowest BCUT2D eigenvalue weighted by Gasteiger charge is -2.39. The van der Waals surface area contributed by atoms with E-state index in [4.69, 9.17) is 16.3 Å². The van der Waals surface area contributed by atoms with Gasteiger partial charge in [-0.05, 0) is 37.3 Å². The summed E-state index contributed by atoms with van der Waals surface area (Å²) in [7, 11) is 1.52. The second kappa shape index (κ2) is 8.73. The van der Waals surface area contributed by atoms with E-state index >= 15 is 0 Å². The highest BCUT2D eigenvalue weighted by molar-refractivity contribution is 6.32. The molecule has 0 saturated heterocycles. The first-order valence-corrected chi connectivity index (χ1v) is 9.64. The zero-order valence-corrected chi connectivity index (χ0v) is 16.8. The molecule has 0 heterocycles. The standard InChI is InChI=1S/C22H27ClO3/c1-5-8-15-11-16(23)20(19(12-15)26-4)21-17(24)13-22(9-6-2,10-7-3)14-18(21)25/h11-12,21H,6-7,9-10,13-14H2,1-4H3. The molecule has 1 aromatic carbocycles. The summed E-state index contributed by atoms with van der Waals surface area (Å²) < 4.78 is 5.45. The fourth-order valence-electron chi connectivity index (χ4n) is 4.30. The molecule has 0 unspecified atom stereocenters. The van der Waals surface area contributed by atoms with Crippen molar-refractivity contribution in [3.05, 3.63) is 28.3 Å². The summed E-state index contributed by atoms with van der Waals surface area (Å²) >= 11 is 6.45. The van der Waals surface area contributed by atoms with Crippen LogP contribution in [0.4, 0.5) is 0 Å². The van der Waals surface area contributed by atoms with E-state index < -0.39 is 5.92 Å². The van der Waals surface area contributed by atoms with E-state index in [0.29, 0.717) is 34.7 Å². The van der Waals surface area contributed by atoms with Gasteiger partial charge in [-0.1, -0.05) is 44.2 Å². The lowest BCUT2D eigenvalue weighted by molar-refractivity contribution is -0.137. The van der Waals surface area contributed by atoms with Crippen molar-refractivity contribution in [2.75, 3.05) is 7.11 Å². The first-order chi connectivity index (χ1) is 12.4. The molecule has 0 radical (unpaired) electrons. The van der Waals surface area contributed by atoms with Crippen LogP contribution in [-0.2, 0) is 9.59 Å². The van der Waals surface area contributed by atoms with Crippen LogP contribution in [0.15, 0.2) is 12.1 Å². The van der Waals surface area contributed by atoms with E-state index in [9.17, 15) is 9.59 Å². The molecular weight excluding hydrogens is 348 g/mol. The molecule has 0 amide bonds. The fraction of sp³-hybridized carbons (Fsp3) is 0.545. The molecule has 0 aromatic heterocycles. The Morgan fingerprint density at radius 1 is 1.15 bits per heavy atom. The highest BCUT2D eigenvalue weighted by Crippen LogP contribution is 2.48. The average Bonchev–Trinajstić information content (AvgIpc) is 2.56. The van der Waals surface area contributed by atoms with E-state index in [2.05, 4.69) is 25.7 Å². The monoisotopic (exact) mass is 374 g/mol. The van der Waals surface area contributed by atoms with Gasteiger partial charge < -0.3 is 4.74 Å². The van der Waals surface area contributed by atoms with Crippen LogP contribution in [0, 0.1) is 17.3 Å². The number of halogens is 1. The lowest BCUT2D eigenvalue weighted by Crippen LogP contribution is -2.39. The number of carbonyl (C=O) groups is 2. The van der Waals surface area contributed by atoms with E-state index in [0.717, 1.165) is 25.7 Å². The quantitative estimate of drug-likeness (QED) is 0.499. The Morgan fingerprint density at radius 2 is 1.73 bits per heavy atom. The molecule has 1 aliphatic rings. The molecule has 0 N–H and O–H groups in total. The van der Waals surface area contributed by atoms with Crippen LogP contribution < -0.4 is 4.74 Å². The van der Waals surface area contributed by atoms with Crippen LogP contribution >= 0.6 is 11.6 Å². The van der Waals surface area contributed by atoms with Gasteiger partial charge in [-0.2, -0.15) is 0 Å². The molecular formula is C22H27ClO3. The first kappa shape index (κ1) is 20.5. The molecule has 3 nitrogen and oxygen atoms in total. The van der Waals surface area contributed by atoms with Crippen molar-refractivity contribution in [3.63, 3.8) is 0 Å². The van der Waals surface area contributed by atoms with Crippen molar-refractivity contribution in [3.8, 4) is 17.6 Å². The minimum Gasteiger partial charge on any atom is -0.496 e. The maximum absolute atomic E-state index is 13.0. The summed E-state index contributed by atoms with van der Waals surface area (Å²) in [6, 6.07) is 3.45. The Balaban J connectivity index is 2.45. The maximum Gasteiger partial charge on any atom is 0.148 e. The molecule has 2 rings (SSSR count). The van der Waals surface area contributed by atoms with Crippen LogP contribution in [0.2, 0.25) is 5.02 Å². The average molecular weight is 375 g/mol. The SMILES string of the molecule is CC#Cc1cc(Cl)c(C2C(=O)CC(CCC)(CCC)CC2=O)c(OC)c1. The van der Waals surface area contributed by atoms with Gasteiger partial charge in [-0.15, -0.1) is 5.92 Å². The van der Waals surface area contributed by atoms with Gasteiger partial charge in [-0.25, -0.2) is 0 Å². The van der Waals surface area contributed by atoms with Gasteiger partial charge in [-0.3, -0.25) is 9.59 Å². The Morgan fingerprint density at radius 3 is 2.19 bits per heavy atom. The van der Waals surface area contributed by atoms with Crippen LogP contribution in [0.1, 0.15) is 76.3 Å². The Hall–Kier alpha value is -1.79. The van der Waals surface area contributed by atoms with Gasteiger partial charge in [0.05, 0.1) is 7.11 Å². The normalized spacial score (nSPS) is 17.0. The third-order valence-corrected chi connectivity index (χ3v) is 5.49. The molecule has 1 fully saturated rings. The van der Waals surface area contributed by atoms with Crippen LogP contribution in [-0.4, -0.2) is 18.7 Å². The lowest BCUT2D eigenvalue weighted by atomic mass is 9.63. The molecule has 0 atom stereocenters. The molecule has 0 spiro atoms. The number of methoxy groups -OCH3 is 1. The van der Waals surface area contributed by atoms with Crippen molar-refractivity contribution < 1.29 is 14.3 Å². The van der Waals surface area contributed by atoms with Crippen LogP contribution in [0.5, 0.6) is 5.75 Å². The number of carbonyl (C=O) groups excluding carboxylic acids is 2. The summed E-state index contributed by atoms with van der Waals surface area (Å²) in [5.41, 5.74) is 1.01. The second-order valence-corrected chi connectivity index (χ2v) is 7.58. The fourth-order valence-corrected chi connectivity index (χ4v) is 4.62. The van der Waals surface area contributed by atoms with Gasteiger partial charge in [0.15, 0.2) is 0 Å². The third-order valence-electron chi connectivity index (χ3n) is 5.17. The molecule has 140 valence electrons. The van der Waals surface area contributed by atoms with E-state index in [1.807, 2.05) is 0 Å². The predicted octanol–water partition coefficient (Wildman–Crippen LogP) is 5.32. The van der Waals surface area contributed by atoms with Crippen molar-refractivity contribution >= 4 is 23.2 Å². The summed E-state index contributed by atoms with van der Waals surface area (Å²) in [5, 5.41) is 0.368. The largest absolute Gasteiger partial charge is 0.496 e. The number of rotatable bonds is 6. The van der Waals surface area contributed by atoms with Gasteiger partial charge in [0.2, 0.25) is 0 Å². The molecule has 0 aliphatic heterocycles. The molecule has 1 aromatic rings. The van der Waals surface area contributed by atoms with Gasteiger partial charge in [0.25, 0.3) is 0 Å². The van der Waals surface area contributed by atoms with E-state index in [1.54, 1.807) is 19.1 Å². The third kappa shape index (κ3) is 4.13. The van der Waals surface area contributed by atoms with Crippen molar-refractivity contribution in [1.29, 1.82) is 0 Å². The Bertz CT molecular complexity index is 729. The smallest absolute Gasteiger partial charge is 0.148 e. The van der Waals surface area contributed by atoms with Crippen molar-refractivity contribution in [2.24, 2.45) is 5.41 Å². The molecule has 1 aliphatic carbocycles. The summed E-state index contributed by atoms with van der Waals surface area (Å²) in [4.78, 5) is 26.1. The molecule has 1 saturated carbocycles. The number of ether oxygens (including phenoxy) is 1. The van der Waals surface area contributed by atoms with Crippen molar-refractivity contribution in [1.82, 2.24) is 0 Å². The summed E-state index contributed by atoms with van der Waals surface area (Å²) in [6.07, 6.45) is 4.61. The van der Waals surface area contributed by atoms with Crippen molar-refractivity contribution in [2.45, 2.75) is 65.2 Å². The predicted molar refractivity (Wildman–Crippen MR) is 105 cm³/mol. The number of ketones is 2. The highest BCUT2D eigenvalue weighted by Gasteiger charge is 2.45. The number of hydrogen-bond donors (Lipinski definition) is 0. The zero-order chi connectivity index (χ0) is 19.3. The second-order valence-electron chi connectivity index (χ2n) is 7.17. The van der Waals surface area contributed by atoms with Crippen LogP contribution in [0.3, 0.4) is 0 Å². The van der Waals surface area contributed by atoms with E-state index in [1.165, 1.54) is 7.11 Å². The minimum absolute atomic E-state index is 0.0438. The number of benzene rings is 1.